The normalized spacial score (nSPS) is 15.1. The van der Waals surface area contributed by atoms with Gasteiger partial charge in [-0.15, -0.1) is 0 Å². The van der Waals surface area contributed by atoms with Gasteiger partial charge in [-0.05, 0) is 83.1 Å². The van der Waals surface area contributed by atoms with Crippen LogP contribution in [0.4, 0.5) is 5.69 Å². The summed E-state index contributed by atoms with van der Waals surface area (Å²) in [5, 5.41) is 2.97. The maximum absolute atomic E-state index is 12.4. The van der Waals surface area contributed by atoms with Crippen molar-refractivity contribution in [1.29, 1.82) is 0 Å². The van der Waals surface area contributed by atoms with Gasteiger partial charge in [-0.25, -0.2) is 0 Å². The van der Waals surface area contributed by atoms with E-state index in [1.807, 2.05) is 31.2 Å². The van der Waals surface area contributed by atoms with Crippen LogP contribution >= 0.6 is 0 Å². The summed E-state index contributed by atoms with van der Waals surface area (Å²) in [6.07, 6.45) is 4.19. The van der Waals surface area contributed by atoms with Gasteiger partial charge in [0, 0.05) is 22.6 Å². The number of nitrogens with zero attached hydrogens (tertiary/aromatic N) is 1. The molecular formula is C21H27N3O. The standard InChI is InChI=1S/C21H27N3O/c1-13-8-6-10-18-20(13)17(21(25)23-18)12-19-14(2)16(15(3)22-19)9-7-11-24(4)5/h6,8,10,12,22H,7,9,11H2,1-5H3,(H,23,25)/b17-12-. The summed E-state index contributed by atoms with van der Waals surface area (Å²) in [6.45, 7) is 7.39. The van der Waals surface area contributed by atoms with Crippen LogP contribution < -0.4 is 5.32 Å². The average molecular weight is 337 g/mol. The number of aromatic amines is 1. The van der Waals surface area contributed by atoms with Crippen LogP contribution in [-0.2, 0) is 11.2 Å². The Labute approximate surface area is 149 Å². The van der Waals surface area contributed by atoms with Crippen LogP contribution in [-0.4, -0.2) is 36.4 Å². The van der Waals surface area contributed by atoms with Gasteiger partial charge < -0.3 is 15.2 Å². The second kappa shape index (κ2) is 6.89. The lowest BCUT2D eigenvalue weighted by atomic mass is 9.99. The van der Waals surface area contributed by atoms with Crippen molar-refractivity contribution in [3.05, 3.63) is 51.8 Å². The third-order valence-corrected chi connectivity index (χ3v) is 4.99. The van der Waals surface area contributed by atoms with Crippen molar-refractivity contribution in [2.45, 2.75) is 33.6 Å². The Morgan fingerprint density at radius 1 is 1.16 bits per heavy atom. The third kappa shape index (κ3) is 3.40. The van der Waals surface area contributed by atoms with E-state index in [4.69, 9.17) is 0 Å². The van der Waals surface area contributed by atoms with E-state index < -0.39 is 0 Å². The first-order valence-corrected chi connectivity index (χ1v) is 8.84. The largest absolute Gasteiger partial charge is 0.359 e. The van der Waals surface area contributed by atoms with E-state index >= 15 is 0 Å². The predicted molar refractivity (Wildman–Crippen MR) is 105 cm³/mol. The number of H-pyrrole nitrogens is 1. The van der Waals surface area contributed by atoms with Gasteiger partial charge in [0.2, 0.25) is 0 Å². The molecule has 1 aliphatic rings. The van der Waals surface area contributed by atoms with Gasteiger partial charge in [-0.2, -0.15) is 0 Å². The Hall–Kier alpha value is -2.33. The number of aromatic nitrogens is 1. The molecule has 0 saturated carbocycles. The number of anilines is 1. The van der Waals surface area contributed by atoms with Crippen LogP contribution in [0.3, 0.4) is 0 Å². The van der Waals surface area contributed by atoms with Crippen LogP contribution in [0.25, 0.3) is 11.6 Å². The average Bonchev–Trinajstić information content (AvgIpc) is 2.99. The van der Waals surface area contributed by atoms with Crippen molar-refractivity contribution in [3.63, 3.8) is 0 Å². The molecule has 4 heteroatoms. The number of rotatable bonds is 5. The lowest BCUT2D eigenvalue weighted by Crippen LogP contribution is -2.13. The Morgan fingerprint density at radius 3 is 2.64 bits per heavy atom. The Balaban J connectivity index is 1.94. The molecule has 1 aromatic heterocycles. The van der Waals surface area contributed by atoms with Crippen molar-refractivity contribution in [3.8, 4) is 0 Å². The lowest BCUT2D eigenvalue weighted by molar-refractivity contribution is -0.110. The van der Waals surface area contributed by atoms with Gasteiger partial charge >= 0.3 is 0 Å². The number of amides is 1. The smallest absolute Gasteiger partial charge is 0.256 e. The molecule has 0 atom stereocenters. The molecule has 1 aliphatic heterocycles. The van der Waals surface area contributed by atoms with E-state index in [2.05, 4.69) is 43.1 Å². The minimum atomic E-state index is -0.0230. The first-order valence-electron chi connectivity index (χ1n) is 8.84. The molecule has 3 rings (SSSR count). The molecule has 2 aromatic rings. The number of carbonyl (C=O) groups excluding carboxylic acids is 1. The highest BCUT2D eigenvalue weighted by Crippen LogP contribution is 2.36. The van der Waals surface area contributed by atoms with Gasteiger partial charge in [-0.1, -0.05) is 12.1 Å². The van der Waals surface area contributed by atoms with Gasteiger partial charge in [0.1, 0.15) is 0 Å². The number of aryl methyl sites for hydroxylation is 2. The lowest BCUT2D eigenvalue weighted by Gasteiger charge is -2.09. The molecule has 0 aliphatic carbocycles. The van der Waals surface area contributed by atoms with E-state index in [-0.39, 0.29) is 5.91 Å². The zero-order chi connectivity index (χ0) is 18.1. The first-order chi connectivity index (χ1) is 11.9. The topological polar surface area (TPSA) is 48.1 Å². The van der Waals surface area contributed by atoms with Crippen LogP contribution in [0.1, 0.15) is 40.1 Å². The van der Waals surface area contributed by atoms with Crippen LogP contribution in [0.15, 0.2) is 18.2 Å². The summed E-state index contributed by atoms with van der Waals surface area (Å²) in [5.41, 5.74) is 8.66. The van der Waals surface area contributed by atoms with E-state index in [0.717, 1.165) is 47.5 Å². The summed E-state index contributed by atoms with van der Waals surface area (Å²) in [7, 11) is 4.20. The van der Waals surface area contributed by atoms with Crippen molar-refractivity contribution in [2.24, 2.45) is 0 Å². The number of benzene rings is 1. The Morgan fingerprint density at radius 2 is 1.92 bits per heavy atom. The van der Waals surface area contributed by atoms with Crippen LogP contribution in [0.5, 0.6) is 0 Å². The second-order valence-electron chi connectivity index (χ2n) is 7.18. The van der Waals surface area contributed by atoms with Gasteiger partial charge in [0.25, 0.3) is 5.91 Å². The summed E-state index contributed by atoms with van der Waals surface area (Å²) in [5.74, 6) is -0.0230. The summed E-state index contributed by atoms with van der Waals surface area (Å²) in [6, 6.07) is 5.98. The highest BCUT2D eigenvalue weighted by atomic mass is 16.2. The van der Waals surface area contributed by atoms with Crippen LogP contribution in [0, 0.1) is 20.8 Å². The van der Waals surface area contributed by atoms with E-state index in [1.54, 1.807) is 0 Å². The number of carbonyl (C=O) groups is 1. The predicted octanol–water partition coefficient (Wildman–Crippen LogP) is 3.93. The fourth-order valence-electron chi connectivity index (χ4n) is 3.62. The van der Waals surface area contributed by atoms with E-state index in [1.165, 1.54) is 16.8 Å². The molecular weight excluding hydrogens is 310 g/mol. The van der Waals surface area contributed by atoms with Gasteiger partial charge in [-0.3, -0.25) is 4.79 Å². The molecule has 25 heavy (non-hydrogen) atoms. The van der Waals surface area contributed by atoms with E-state index in [0.29, 0.717) is 0 Å². The minimum Gasteiger partial charge on any atom is -0.359 e. The minimum absolute atomic E-state index is 0.0230. The molecule has 2 heterocycles. The van der Waals surface area contributed by atoms with Gasteiger partial charge in [0.05, 0.1) is 5.57 Å². The molecule has 1 aromatic carbocycles. The SMILES string of the molecule is Cc1cccc2c1/C(=C/c1[nH]c(C)c(CCCN(C)C)c1C)C(=O)N2. The molecule has 0 radical (unpaired) electrons. The number of fused-ring (bicyclic) bond motifs is 1. The fraction of sp³-hybridized carbons (Fsp3) is 0.381. The first kappa shape index (κ1) is 17.5. The zero-order valence-electron chi connectivity index (χ0n) is 15.8. The number of hydrogen-bond acceptors (Lipinski definition) is 2. The van der Waals surface area contributed by atoms with Crippen molar-refractivity contribution in [1.82, 2.24) is 9.88 Å². The summed E-state index contributed by atoms with van der Waals surface area (Å²) < 4.78 is 0. The molecule has 0 saturated heterocycles. The second-order valence-corrected chi connectivity index (χ2v) is 7.18. The molecule has 0 bridgehead atoms. The molecule has 1 amide bonds. The zero-order valence-corrected chi connectivity index (χ0v) is 15.8. The molecule has 2 N–H and O–H groups in total. The molecule has 0 fully saturated rings. The number of hydrogen-bond donors (Lipinski definition) is 2. The summed E-state index contributed by atoms with van der Waals surface area (Å²) >= 11 is 0. The summed E-state index contributed by atoms with van der Waals surface area (Å²) in [4.78, 5) is 18.1. The fourth-order valence-corrected chi connectivity index (χ4v) is 3.62. The highest BCUT2D eigenvalue weighted by Gasteiger charge is 2.26. The maximum Gasteiger partial charge on any atom is 0.256 e. The van der Waals surface area contributed by atoms with Crippen LogP contribution in [0.2, 0.25) is 0 Å². The monoisotopic (exact) mass is 337 g/mol. The van der Waals surface area contributed by atoms with Crippen molar-refractivity contribution < 1.29 is 4.79 Å². The molecule has 4 nitrogen and oxygen atoms in total. The number of nitrogens with one attached hydrogen (secondary N) is 2. The highest BCUT2D eigenvalue weighted by molar-refractivity contribution is 6.35. The molecule has 132 valence electrons. The van der Waals surface area contributed by atoms with Crippen molar-refractivity contribution >= 4 is 23.2 Å². The van der Waals surface area contributed by atoms with E-state index in [9.17, 15) is 4.79 Å². The molecule has 0 spiro atoms. The third-order valence-electron chi connectivity index (χ3n) is 4.99. The Bertz CT molecular complexity index is 843. The van der Waals surface area contributed by atoms with Gasteiger partial charge in [0.15, 0.2) is 0 Å². The maximum atomic E-state index is 12.4. The quantitative estimate of drug-likeness (QED) is 0.812. The van der Waals surface area contributed by atoms with Crippen molar-refractivity contribution in [2.75, 3.05) is 26.0 Å². The molecule has 0 unspecified atom stereocenters. The Kier molecular flexibility index (Phi) is 4.82.